The smallest absolute Gasteiger partial charge is 0.174 e. The fourth-order valence-electron chi connectivity index (χ4n) is 7.80. The van der Waals surface area contributed by atoms with Crippen molar-refractivity contribution in [3.8, 4) is 0 Å². The Bertz CT molecular complexity index is 610. The summed E-state index contributed by atoms with van der Waals surface area (Å²) < 4.78 is 12.5. The lowest BCUT2D eigenvalue weighted by atomic mass is 9.45. The van der Waals surface area contributed by atoms with Crippen molar-refractivity contribution in [3.05, 3.63) is 16.7 Å². The molecule has 0 bridgehead atoms. The predicted octanol–water partition coefficient (Wildman–Crippen LogP) is 5.03. The molecule has 0 aromatic carbocycles. The Morgan fingerprint density at radius 1 is 1.00 bits per heavy atom. The number of fused-ring (bicyclic) bond motifs is 6. The number of nitrogens with zero attached hydrogens (tertiary/aromatic N) is 1. The molecule has 0 N–H and O–H groups in total. The monoisotopic (exact) mass is 345 g/mol. The first-order chi connectivity index (χ1) is 12.0. The molecule has 6 unspecified atom stereocenters. The molecule has 5 aliphatic rings. The molecule has 3 saturated carbocycles. The van der Waals surface area contributed by atoms with E-state index in [1.54, 1.807) is 0 Å². The van der Waals surface area contributed by atoms with Crippen LogP contribution in [0.3, 0.4) is 0 Å². The molecule has 4 aliphatic carbocycles. The van der Waals surface area contributed by atoms with E-state index in [9.17, 15) is 4.91 Å². The van der Waals surface area contributed by atoms with Crippen molar-refractivity contribution in [3.63, 3.8) is 0 Å². The van der Waals surface area contributed by atoms with Gasteiger partial charge in [-0.15, -0.1) is 4.91 Å². The SMILES string of the molecule is CC12CCC(N=O)=CC1CCC1C2CCC2(C)C1CCC21OCCO1. The lowest BCUT2D eigenvalue weighted by Crippen LogP contribution is -2.56. The van der Waals surface area contributed by atoms with E-state index in [0.717, 1.165) is 55.9 Å². The second-order valence-electron chi connectivity index (χ2n) is 9.76. The fourth-order valence-corrected chi connectivity index (χ4v) is 7.80. The summed E-state index contributed by atoms with van der Waals surface area (Å²) >= 11 is 0. The minimum atomic E-state index is -0.290. The van der Waals surface area contributed by atoms with Gasteiger partial charge in [-0.05, 0) is 79.2 Å². The number of nitroso groups, excluding NO2 is 1. The largest absolute Gasteiger partial charge is 0.347 e. The van der Waals surface area contributed by atoms with Gasteiger partial charge in [0, 0.05) is 11.8 Å². The Morgan fingerprint density at radius 2 is 1.76 bits per heavy atom. The van der Waals surface area contributed by atoms with E-state index in [4.69, 9.17) is 9.47 Å². The van der Waals surface area contributed by atoms with Gasteiger partial charge in [-0.25, -0.2) is 0 Å². The minimum absolute atomic E-state index is 0.188. The third-order valence-electron chi connectivity index (χ3n) is 9.17. The van der Waals surface area contributed by atoms with Crippen molar-refractivity contribution < 1.29 is 9.47 Å². The summed E-state index contributed by atoms with van der Waals surface area (Å²) in [7, 11) is 0. The Labute approximate surface area is 150 Å². The van der Waals surface area contributed by atoms with Crippen LogP contribution in [0.1, 0.15) is 65.2 Å². The van der Waals surface area contributed by atoms with Crippen LogP contribution in [0.25, 0.3) is 0 Å². The Morgan fingerprint density at radius 3 is 2.52 bits per heavy atom. The molecule has 25 heavy (non-hydrogen) atoms. The highest BCUT2D eigenvalue weighted by molar-refractivity contribution is 5.18. The molecular weight excluding hydrogens is 314 g/mol. The second-order valence-corrected chi connectivity index (χ2v) is 9.76. The standard InChI is InChI=1S/C21H31NO3/c1-19-8-5-15(22-23)13-14(19)3-4-16-17(19)6-9-20(2)18(16)7-10-21(20)24-11-12-25-21/h13-14,16-18H,3-12H2,1-2H3. The molecule has 1 spiro atoms. The van der Waals surface area contributed by atoms with Crippen LogP contribution in [0.2, 0.25) is 0 Å². The van der Waals surface area contributed by atoms with Crippen molar-refractivity contribution in [1.29, 1.82) is 0 Å². The lowest BCUT2D eigenvalue weighted by molar-refractivity contribution is -0.245. The maximum atomic E-state index is 11.0. The van der Waals surface area contributed by atoms with Gasteiger partial charge in [0.15, 0.2) is 5.79 Å². The number of rotatable bonds is 1. The number of allylic oxidation sites excluding steroid dienone is 2. The van der Waals surface area contributed by atoms with E-state index in [1.807, 2.05) is 0 Å². The highest BCUT2D eigenvalue weighted by Gasteiger charge is 2.67. The fraction of sp³-hybridized carbons (Fsp3) is 0.905. The van der Waals surface area contributed by atoms with Gasteiger partial charge in [0.05, 0.1) is 18.9 Å². The third-order valence-corrected chi connectivity index (χ3v) is 9.17. The number of hydrogen-bond donors (Lipinski definition) is 0. The Balaban J connectivity index is 1.46. The first kappa shape index (κ1) is 16.4. The Kier molecular flexibility index (Phi) is 3.54. The average molecular weight is 345 g/mol. The van der Waals surface area contributed by atoms with E-state index in [-0.39, 0.29) is 11.2 Å². The van der Waals surface area contributed by atoms with E-state index >= 15 is 0 Å². The van der Waals surface area contributed by atoms with Gasteiger partial charge >= 0.3 is 0 Å². The quantitative estimate of drug-likeness (QED) is 0.626. The van der Waals surface area contributed by atoms with Crippen LogP contribution in [0, 0.1) is 39.4 Å². The zero-order valence-corrected chi connectivity index (χ0v) is 15.6. The third kappa shape index (κ3) is 2.01. The Hall–Kier alpha value is -0.740. The number of ether oxygens (including phenoxy) is 2. The summed E-state index contributed by atoms with van der Waals surface area (Å²) in [6, 6.07) is 0. The highest BCUT2D eigenvalue weighted by atomic mass is 16.7. The van der Waals surface area contributed by atoms with Crippen LogP contribution < -0.4 is 0 Å². The maximum absolute atomic E-state index is 11.0. The molecule has 6 atom stereocenters. The topological polar surface area (TPSA) is 47.9 Å². The molecule has 1 aliphatic heterocycles. The molecule has 0 aromatic heterocycles. The van der Waals surface area contributed by atoms with E-state index in [2.05, 4.69) is 25.1 Å². The molecule has 5 rings (SSSR count). The van der Waals surface area contributed by atoms with Crippen molar-refractivity contribution in [1.82, 2.24) is 0 Å². The van der Waals surface area contributed by atoms with Gasteiger partial charge in [0.25, 0.3) is 0 Å². The van der Waals surface area contributed by atoms with Crippen LogP contribution in [-0.2, 0) is 9.47 Å². The van der Waals surface area contributed by atoms with Gasteiger partial charge in [-0.1, -0.05) is 19.9 Å². The molecule has 1 saturated heterocycles. The van der Waals surface area contributed by atoms with E-state index in [0.29, 0.717) is 11.3 Å². The molecule has 4 nitrogen and oxygen atoms in total. The van der Waals surface area contributed by atoms with Crippen LogP contribution >= 0.6 is 0 Å². The summed E-state index contributed by atoms with van der Waals surface area (Å²) in [6.07, 6.45) is 11.6. The van der Waals surface area contributed by atoms with Crippen molar-refractivity contribution in [2.75, 3.05) is 13.2 Å². The van der Waals surface area contributed by atoms with Crippen LogP contribution in [0.4, 0.5) is 0 Å². The van der Waals surface area contributed by atoms with Gasteiger partial charge in [-0.2, -0.15) is 0 Å². The molecule has 0 aromatic rings. The van der Waals surface area contributed by atoms with Crippen molar-refractivity contribution in [2.45, 2.75) is 71.0 Å². The van der Waals surface area contributed by atoms with E-state index in [1.165, 1.54) is 32.1 Å². The summed E-state index contributed by atoms with van der Waals surface area (Å²) in [5.41, 5.74) is 1.34. The number of hydrogen-bond acceptors (Lipinski definition) is 4. The van der Waals surface area contributed by atoms with Crippen LogP contribution in [0.5, 0.6) is 0 Å². The van der Waals surface area contributed by atoms with Gasteiger partial charge < -0.3 is 9.47 Å². The zero-order chi connectivity index (χ0) is 17.3. The van der Waals surface area contributed by atoms with Crippen molar-refractivity contribution >= 4 is 0 Å². The first-order valence-electron chi connectivity index (χ1n) is 10.3. The molecule has 1 heterocycles. The van der Waals surface area contributed by atoms with Gasteiger partial charge in [0.2, 0.25) is 0 Å². The molecule has 138 valence electrons. The normalized spacial score (nSPS) is 50.7. The lowest BCUT2D eigenvalue weighted by Gasteiger charge is -2.60. The molecule has 0 amide bonds. The van der Waals surface area contributed by atoms with Crippen LogP contribution in [-0.4, -0.2) is 19.0 Å². The highest BCUT2D eigenvalue weighted by Crippen LogP contribution is 2.69. The average Bonchev–Trinajstić information content (AvgIpc) is 3.21. The van der Waals surface area contributed by atoms with Crippen LogP contribution in [0.15, 0.2) is 16.9 Å². The zero-order valence-electron chi connectivity index (χ0n) is 15.6. The summed E-state index contributed by atoms with van der Waals surface area (Å²) in [6.45, 7) is 6.49. The molecule has 4 fully saturated rings. The van der Waals surface area contributed by atoms with E-state index < -0.39 is 0 Å². The summed E-state index contributed by atoms with van der Waals surface area (Å²) in [4.78, 5) is 11.0. The maximum Gasteiger partial charge on any atom is 0.174 e. The minimum Gasteiger partial charge on any atom is -0.347 e. The second kappa shape index (κ2) is 5.39. The van der Waals surface area contributed by atoms with Gasteiger partial charge in [-0.3, -0.25) is 0 Å². The first-order valence-corrected chi connectivity index (χ1v) is 10.3. The molecular formula is C21H31NO3. The predicted molar refractivity (Wildman–Crippen MR) is 95.6 cm³/mol. The summed E-state index contributed by atoms with van der Waals surface area (Å²) in [5, 5.41) is 3.26. The van der Waals surface area contributed by atoms with Crippen molar-refractivity contribution in [2.24, 2.45) is 39.7 Å². The molecule has 0 radical (unpaired) electrons. The molecule has 4 heteroatoms. The summed E-state index contributed by atoms with van der Waals surface area (Å²) in [5.74, 6) is 2.57. The van der Waals surface area contributed by atoms with Gasteiger partial charge in [0.1, 0.15) is 0 Å².